The Morgan fingerprint density at radius 1 is 0.941 bits per heavy atom. The van der Waals surface area contributed by atoms with Gasteiger partial charge in [0.2, 0.25) is 0 Å². The molecule has 2 aromatic rings. The molecule has 0 heterocycles. The second-order valence-electron chi connectivity index (χ2n) is 3.39. The van der Waals surface area contributed by atoms with E-state index in [1.807, 2.05) is 0 Å². The van der Waals surface area contributed by atoms with E-state index in [2.05, 4.69) is 26.2 Å². The fourth-order valence-electron chi connectivity index (χ4n) is 1.20. The molecule has 2 N–H and O–H groups in total. The zero-order chi connectivity index (χ0) is 12.3. The van der Waals surface area contributed by atoms with Crippen molar-refractivity contribution in [2.75, 3.05) is 5.73 Å². The average molecular weight is 294 g/mol. The minimum atomic E-state index is -0.362. The lowest BCUT2D eigenvalue weighted by Crippen LogP contribution is -1.80. The Labute approximate surface area is 106 Å². The molecule has 0 amide bonds. The highest BCUT2D eigenvalue weighted by atomic mass is 79.9. The van der Waals surface area contributed by atoms with Gasteiger partial charge in [0.05, 0.1) is 15.8 Å². The maximum absolute atomic E-state index is 13.2. The number of azo groups is 1. The monoisotopic (exact) mass is 293 g/mol. The molecule has 0 aliphatic rings. The first-order chi connectivity index (χ1) is 8.15. The van der Waals surface area contributed by atoms with Crippen molar-refractivity contribution in [2.45, 2.75) is 0 Å². The molecule has 5 heteroatoms. The maximum atomic E-state index is 13.2. The summed E-state index contributed by atoms with van der Waals surface area (Å²) in [7, 11) is 0. The number of nitrogens with two attached hydrogens (primary N) is 1. The smallest absolute Gasteiger partial charge is 0.139 e. The molecule has 86 valence electrons. The molecule has 0 aliphatic heterocycles. The zero-order valence-electron chi connectivity index (χ0n) is 8.77. The van der Waals surface area contributed by atoms with Gasteiger partial charge in [-0.2, -0.15) is 10.2 Å². The van der Waals surface area contributed by atoms with E-state index in [4.69, 9.17) is 5.73 Å². The molecule has 2 rings (SSSR count). The van der Waals surface area contributed by atoms with Crippen LogP contribution >= 0.6 is 15.9 Å². The number of nitrogens with zero attached hydrogens (tertiary/aromatic N) is 2. The van der Waals surface area contributed by atoms with E-state index >= 15 is 0 Å². The number of benzene rings is 2. The van der Waals surface area contributed by atoms with E-state index in [0.29, 0.717) is 21.5 Å². The second-order valence-corrected chi connectivity index (χ2v) is 4.24. The molecule has 17 heavy (non-hydrogen) atoms. The molecule has 0 saturated carbocycles. The van der Waals surface area contributed by atoms with Gasteiger partial charge in [-0.1, -0.05) is 0 Å². The van der Waals surface area contributed by atoms with Crippen LogP contribution in [0, 0.1) is 5.82 Å². The number of nitrogen functional groups attached to an aromatic ring is 1. The molecule has 0 atom stereocenters. The summed E-state index contributed by atoms with van der Waals surface area (Å²) in [6.07, 6.45) is 0. The molecule has 0 saturated heterocycles. The highest BCUT2D eigenvalue weighted by Crippen LogP contribution is 2.23. The molecule has 0 aliphatic carbocycles. The summed E-state index contributed by atoms with van der Waals surface area (Å²) < 4.78 is 13.6. The number of anilines is 1. The van der Waals surface area contributed by atoms with Crippen molar-refractivity contribution in [3.8, 4) is 0 Å². The van der Waals surface area contributed by atoms with Crippen molar-refractivity contribution in [2.24, 2.45) is 10.2 Å². The first-order valence-electron chi connectivity index (χ1n) is 4.87. The van der Waals surface area contributed by atoms with Crippen molar-refractivity contribution < 1.29 is 4.39 Å². The first-order valence-corrected chi connectivity index (χ1v) is 5.67. The number of hydrogen-bond donors (Lipinski definition) is 1. The number of halogens is 2. The fraction of sp³-hybridized carbons (Fsp3) is 0. The van der Waals surface area contributed by atoms with Crippen LogP contribution < -0.4 is 5.73 Å². The van der Waals surface area contributed by atoms with E-state index in [0.717, 1.165) is 0 Å². The van der Waals surface area contributed by atoms with Gasteiger partial charge in [0.15, 0.2) is 0 Å². The van der Waals surface area contributed by atoms with Gasteiger partial charge in [0.25, 0.3) is 0 Å². The van der Waals surface area contributed by atoms with Gasteiger partial charge in [0.1, 0.15) is 5.82 Å². The third-order valence-corrected chi connectivity index (χ3v) is 2.72. The molecule has 0 unspecified atom stereocenters. The quantitative estimate of drug-likeness (QED) is 0.639. The van der Waals surface area contributed by atoms with Gasteiger partial charge >= 0.3 is 0 Å². The fourth-order valence-corrected chi connectivity index (χ4v) is 1.45. The Kier molecular flexibility index (Phi) is 3.49. The van der Waals surface area contributed by atoms with E-state index in [-0.39, 0.29) is 5.82 Å². The molecular formula is C12H9BrFN3. The first kappa shape index (κ1) is 11.7. The lowest BCUT2D eigenvalue weighted by Gasteiger charge is -1.96. The Bertz CT molecular complexity index is 552. The van der Waals surface area contributed by atoms with Crippen LogP contribution in [0.15, 0.2) is 57.2 Å². The highest BCUT2D eigenvalue weighted by molar-refractivity contribution is 9.10. The van der Waals surface area contributed by atoms with Crippen molar-refractivity contribution in [3.05, 3.63) is 52.8 Å². The zero-order valence-corrected chi connectivity index (χ0v) is 10.4. The molecule has 0 radical (unpaired) electrons. The van der Waals surface area contributed by atoms with Crippen LogP contribution in [0.25, 0.3) is 0 Å². The van der Waals surface area contributed by atoms with Crippen LogP contribution in [0.4, 0.5) is 21.5 Å². The van der Waals surface area contributed by atoms with E-state index in [9.17, 15) is 4.39 Å². The summed E-state index contributed by atoms with van der Waals surface area (Å²) >= 11 is 3.07. The summed E-state index contributed by atoms with van der Waals surface area (Å²) in [6, 6.07) is 11.5. The third kappa shape index (κ3) is 3.10. The van der Waals surface area contributed by atoms with Crippen LogP contribution in [0.3, 0.4) is 0 Å². The van der Waals surface area contributed by atoms with Crippen molar-refractivity contribution >= 4 is 33.0 Å². The molecule has 0 fully saturated rings. The van der Waals surface area contributed by atoms with Gasteiger partial charge in [-0.05, 0) is 52.3 Å². The molecule has 2 aromatic carbocycles. The largest absolute Gasteiger partial charge is 0.399 e. The lowest BCUT2D eigenvalue weighted by molar-refractivity contribution is 0.621. The minimum absolute atomic E-state index is 0.362. The Balaban J connectivity index is 2.20. The Hall–Kier alpha value is -1.75. The van der Waals surface area contributed by atoms with Crippen molar-refractivity contribution in [1.82, 2.24) is 0 Å². The summed E-state index contributed by atoms with van der Waals surface area (Å²) in [5.41, 5.74) is 7.34. The van der Waals surface area contributed by atoms with E-state index in [1.165, 1.54) is 6.07 Å². The van der Waals surface area contributed by atoms with Crippen LogP contribution in [0.5, 0.6) is 0 Å². The van der Waals surface area contributed by atoms with Crippen LogP contribution in [-0.2, 0) is 0 Å². The SMILES string of the molecule is Nc1ccc(N=Nc2ccc(Br)c(F)c2)cc1. The highest BCUT2D eigenvalue weighted by Gasteiger charge is 1.99. The maximum Gasteiger partial charge on any atom is 0.139 e. The summed E-state index contributed by atoms with van der Waals surface area (Å²) in [6.45, 7) is 0. The van der Waals surface area contributed by atoms with Crippen molar-refractivity contribution in [1.29, 1.82) is 0 Å². The van der Waals surface area contributed by atoms with Gasteiger partial charge in [-0.3, -0.25) is 0 Å². The molecule has 3 nitrogen and oxygen atoms in total. The molecule has 0 spiro atoms. The van der Waals surface area contributed by atoms with Crippen LogP contribution in [0.1, 0.15) is 0 Å². The van der Waals surface area contributed by atoms with Crippen LogP contribution in [-0.4, -0.2) is 0 Å². The van der Waals surface area contributed by atoms with Gasteiger partial charge in [-0.25, -0.2) is 4.39 Å². The van der Waals surface area contributed by atoms with Crippen molar-refractivity contribution in [3.63, 3.8) is 0 Å². The van der Waals surface area contributed by atoms with Gasteiger partial charge in [0, 0.05) is 11.8 Å². The van der Waals surface area contributed by atoms with Gasteiger partial charge in [-0.15, -0.1) is 0 Å². The normalized spacial score (nSPS) is 10.9. The Morgan fingerprint density at radius 2 is 1.53 bits per heavy atom. The van der Waals surface area contributed by atoms with Gasteiger partial charge < -0.3 is 5.73 Å². The van der Waals surface area contributed by atoms with Crippen LogP contribution in [0.2, 0.25) is 0 Å². The Morgan fingerprint density at radius 3 is 2.18 bits per heavy atom. The summed E-state index contributed by atoms with van der Waals surface area (Å²) in [5, 5.41) is 7.91. The topological polar surface area (TPSA) is 50.7 Å². The molecule has 0 bridgehead atoms. The standard InChI is InChI=1S/C12H9BrFN3/c13-11-6-5-10(7-12(11)14)17-16-9-3-1-8(15)2-4-9/h1-7H,15H2. The third-order valence-electron chi connectivity index (χ3n) is 2.08. The summed E-state index contributed by atoms with van der Waals surface area (Å²) in [5.74, 6) is -0.362. The summed E-state index contributed by atoms with van der Waals surface area (Å²) in [4.78, 5) is 0. The molecular weight excluding hydrogens is 285 g/mol. The second kappa shape index (κ2) is 5.05. The lowest BCUT2D eigenvalue weighted by atomic mass is 10.3. The number of rotatable bonds is 2. The van der Waals surface area contributed by atoms with E-state index < -0.39 is 0 Å². The predicted molar refractivity (Wildman–Crippen MR) is 69.1 cm³/mol. The number of hydrogen-bond acceptors (Lipinski definition) is 3. The van der Waals surface area contributed by atoms with E-state index in [1.54, 1.807) is 36.4 Å². The minimum Gasteiger partial charge on any atom is -0.399 e. The predicted octanol–water partition coefficient (Wildman–Crippen LogP) is 4.59. The molecule has 0 aromatic heterocycles. The average Bonchev–Trinajstić information content (AvgIpc) is 2.33.